The van der Waals surface area contributed by atoms with Gasteiger partial charge in [-0.3, -0.25) is 9.59 Å². The van der Waals surface area contributed by atoms with E-state index in [4.69, 9.17) is 21.1 Å². The highest BCUT2D eigenvalue weighted by molar-refractivity contribution is 6.30. The van der Waals surface area contributed by atoms with Crippen molar-refractivity contribution < 1.29 is 19.1 Å². The fourth-order valence-corrected chi connectivity index (χ4v) is 3.76. The van der Waals surface area contributed by atoms with Crippen LogP contribution in [0.3, 0.4) is 0 Å². The zero-order valence-electron chi connectivity index (χ0n) is 18.8. The van der Waals surface area contributed by atoms with Crippen LogP contribution in [-0.2, 0) is 4.79 Å². The molecular formula is C24H30ClN3O4. The predicted octanol–water partition coefficient (Wildman–Crippen LogP) is 3.84. The number of likely N-dealkylation sites (N-methyl/N-ethyl adjacent to an activating group) is 1. The standard InChI is InChI=1S/C24H30ClN3O4/c1-17-15-19(25)7-9-21(17)32-14-4-5-23(29)26-20-16-18(6-8-22(20)31-3)24(30)28-12-10-27(2)11-13-28/h6-9,15-16H,4-5,10-14H2,1-3H3,(H,26,29). The van der Waals surface area contributed by atoms with Gasteiger partial charge in [0.15, 0.2) is 0 Å². The highest BCUT2D eigenvalue weighted by Gasteiger charge is 2.21. The summed E-state index contributed by atoms with van der Waals surface area (Å²) < 4.78 is 11.1. The van der Waals surface area contributed by atoms with Crippen LogP contribution in [0.1, 0.15) is 28.8 Å². The molecule has 2 aromatic rings. The third-order valence-corrected chi connectivity index (χ3v) is 5.69. The third-order valence-electron chi connectivity index (χ3n) is 5.45. The molecule has 3 rings (SSSR count). The smallest absolute Gasteiger partial charge is 0.254 e. The van der Waals surface area contributed by atoms with Crippen molar-refractivity contribution in [3.8, 4) is 11.5 Å². The van der Waals surface area contributed by atoms with Crippen LogP contribution in [0.25, 0.3) is 0 Å². The van der Waals surface area contributed by atoms with Gasteiger partial charge in [0.25, 0.3) is 5.91 Å². The van der Waals surface area contributed by atoms with E-state index in [1.807, 2.05) is 31.0 Å². The molecule has 1 aliphatic heterocycles. The number of piperazine rings is 1. The summed E-state index contributed by atoms with van der Waals surface area (Å²) in [6, 6.07) is 10.6. The highest BCUT2D eigenvalue weighted by Crippen LogP contribution is 2.27. The van der Waals surface area contributed by atoms with E-state index < -0.39 is 0 Å². The van der Waals surface area contributed by atoms with Crippen LogP contribution < -0.4 is 14.8 Å². The Kier molecular flexibility index (Phi) is 8.36. The number of amides is 2. The number of nitrogens with one attached hydrogen (secondary N) is 1. The van der Waals surface area contributed by atoms with Crippen LogP contribution in [-0.4, -0.2) is 68.6 Å². The minimum Gasteiger partial charge on any atom is -0.495 e. The molecule has 0 radical (unpaired) electrons. The van der Waals surface area contributed by atoms with Gasteiger partial charge in [-0.05, 0) is 62.4 Å². The minimum absolute atomic E-state index is 0.0389. The van der Waals surface area contributed by atoms with Gasteiger partial charge in [-0.1, -0.05) is 11.6 Å². The molecule has 1 fully saturated rings. The molecule has 8 heteroatoms. The lowest BCUT2D eigenvalue weighted by Crippen LogP contribution is -2.47. The maximum Gasteiger partial charge on any atom is 0.254 e. The molecule has 0 saturated carbocycles. The van der Waals surface area contributed by atoms with Gasteiger partial charge in [0.2, 0.25) is 5.91 Å². The number of benzene rings is 2. The van der Waals surface area contributed by atoms with Crippen molar-refractivity contribution in [2.75, 3.05) is 52.3 Å². The lowest BCUT2D eigenvalue weighted by atomic mass is 10.1. The molecule has 0 unspecified atom stereocenters. The van der Waals surface area contributed by atoms with E-state index in [0.717, 1.165) is 24.4 Å². The summed E-state index contributed by atoms with van der Waals surface area (Å²) >= 11 is 5.96. The number of hydrogen-bond donors (Lipinski definition) is 1. The molecule has 1 heterocycles. The Balaban J connectivity index is 1.55. The number of carbonyl (C=O) groups is 2. The maximum absolute atomic E-state index is 12.9. The summed E-state index contributed by atoms with van der Waals surface area (Å²) in [5.74, 6) is 1.07. The molecule has 1 saturated heterocycles. The first-order chi connectivity index (χ1) is 15.4. The second kappa shape index (κ2) is 11.2. The second-order valence-corrected chi connectivity index (χ2v) is 8.36. The van der Waals surface area contributed by atoms with Gasteiger partial charge in [-0.15, -0.1) is 0 Å². The first-order valence-electron chi connectivity index (χ1n) is 10.7. The summed E-state index contributed by atoms with van der Waals surface area (Å²) in [6.07, 6.45) is 0.836. The fourth-order valence-electron chi connectivity index (χ4n) is 3.53. The van der Waals surface area contributed by atoms with E-state index in [-0.39, 0.29) is 18.2 Å². The Morgan fingerprint density at radius 2 is 1.78 bits per heavy atom. The monoisotopic (exact) mass is 459 g/mol. The number of anilines is 1. The largest absolute Gasteiger partial charge is 0.495 e. The zero-order chi connectivity index (χ0) is 23.1. The number of nitrogens with zero attached hydrogens (tertiary/aromatic N) is 2. The van der Waals surface area contributed by atoms with Crippen LogP contribution in [0.4, 0.5) is 5.69 Å². The zero-order valence-corrected chi connectivity index (χ0v) is 19.6. The molecule has 172 valence electrons. The first-order valence-corrected chi connectivity index (χ1v) is 11.1. The van der Waals surface area contributed by atoms with Gasteiger partial charge in [-0.2, -0.15) is 0 Å². The number of ether oxygens (including phenoxy) is 2. The van der Waals surface area contributed by atoms with Crippen molar-refractivity contribution in [1.29, 1.82) is 0 Å². The van der Waals surface area contributed by atoms with Crippen LogP contribution in [0.2, 0.25) is 5.02 Å². The lowest BCUT2D eigenvalue weighted by molar-refractivity contribution is -0.116. The normalized spacial score (nSPS) is 14.2. The molecule has 0 atom stereocenters. The molecule has 0 bridgehead atoms. The molecule has 2 amide bonds. The van der Waals surface area contributed by atoms with E-state index in [0.29, 0.717) is 48.1 Å². The van der Waals surface area contributed by atoms with Crippen LogP contribution in [0.15, 0.2) is 36.4 Å². The number of methoxy groups -OCH3 is 1. The summed E-state index contributed by atoms with van der Waals surface area (Å²) in [7, 11) is 3.58. The molecule has 0 aromatic heterocycles. The average molecular weight is 460 g/mol. The average Bonchev–Trinajstić information content (AvgIpc) is 2.78. The van der Waals surface area contributed by atoms with E-state index >= 15 is 0 Å². The van der Waals surface area contributed by atoms with Crippen LogP contribution in [0, 0.1) is 6.92 Å². The SMILES string of the molecule is COc1ccc(C(=O)N2CCN(C)CC2)cc1NC(=O)CCCOc1ccc(Cl)cc1C. The first kappa shape index (κ1) is 23.9. The van der Waals surface area contributed by atoms with Crippen molar-refractivity contribution in [1.82, 2.24) is 9.80 Å². The number of aryl methyl sites for hydroxylation is 1. The lowest BCUT2D eigenvalue weighted by Gasteiger charge is -2.32. The van der Waals surface area contributed by atoms with Gasteiger partial charge in [0.1, 0.15) is 11.5 Å². The number of halogens is 1. The quantitative estimate of drug-likeness (QED) is 0.607. The van der Waals surface area contributed by atoms with Crippen molar-refractivity contribution in [3.63, 3.8) is 0 Å². The van der Waals surface area contributed by atoms with Gasteiger partial charge in [0, 0.05) is 43.2 Å². The van der Waals surface area contributed by atoms with Gasteiger partial charge in [0.05, 0.1) is 19.4 Å². The van der Waals surface area contributed by atoms with Gasteiger partial charge >= 0.3 is 0 Å². The Morgan fingerprint density at radius 3 is 2.47 bits per heavy atom. The van der Waals surface area contributed by atoms with E-state index in [2.05, 4.69) is 10.2 Å². The van der Waals surface area contributed by atoms with Crippen molar-refractivity contribution in [2.24, 2.45) is 0 Å². The Labute approximate surface area is 194 Å². The van der Waals surface area contributed by atoms with E-state index in [9.17, 15) is 9.59 Å². The van der Waals surface area contributed by atoms with E-state index in [1.54, 1.807) is 24.3 Å². The summed E-state index contributed by atoms with van der Waals surface area (Å²) in [5, 5.41) is 3.53. The molecule has 1 aliphatic rings. The molecule has 2 aromatic carbocycles. The number of hydrogen-bond acceptors (Lipinski definition) is 5. The number of carbonyl (C=O) groups excluding carboxylic acids is 2. The van der Waals surface area contributed by atoms with Crippen LogP contribution >= 0.6 is 11.6 Å². The van der Waals surface area contributed by atoms with Crippen molar-refractivity contribution in [2.45, 2.75) is 19.8 Å². The Bertz CT molecular complexity index is 958. The predicted molar refractivity (Wildman–Crippen MR) is 126 cm³/mol. The highest BCUT2D eigenvalue weighted by atomic mass is 35.5. The molecule has 1 N–H and O–H groups in total. The fraction of sp³-hybridized carbons (Fsp3) is 0.417. The minimum atomic E-state index is -0.163. The summed E-state index contributed by atoms with van der Waals surface area (Å²) in [5.41, 5.74) is 1.98. The summed E-state index contributed by atoms with van der Waals surface area (Å²) in [6.45, 7) is 5.42. The third kappa shape index (κ3) is 6.37. The molecule has 7 nitrogen and oxygen atoms in total. The molecule has 0 aliphatic carbocycles. The number of rotatable bonds is 8. The molecule has 32 heavy (non-hydrogen) atoms. The van der Waals surface area contributed by atoms with Crippen molar-refractivity contribution >= 4 is 29.1 Å². The van der Waals surface area contributed by atoms with E-state index in [1.165, 1.54) is 7.11 Å². The second-order valence-electron chi connectivity index (χ2n) is 7.92. The topological polar surface area (TPSA) is 71.1 Å². The molecule has 0 spiro atoms. The van der Waals surface area contributed by atoms with Crippen LogP contribution in [0.5, 0.6) is 11.5 Å². The van der Waals surface area contributed by atoms with Gasteiger partial charge in [-0.25, -0.2) is 0 Å². The Hall–Kier alpha value is -2.77. The summed E-state index contributed by atoms with van der Waals surface area (Å²) in [4.78, 5) is 29.4. The van der Waals surface area contributed by atoms with Gasteiger partial charge < -0.3 is 24.6 Å². The Morgan fingerprint density at radius 1 is 1.06 bits per heavy atom. The van der Waals surface area contributed by atoms with Crippen molar-refractivity contribution in [3.05, 3.63) is 52.5 Å². The molecular weight excluding hydrogens is 430 g/mol. The maximum atomic E-state index is 12.9.